The largest absolute Gasteiger partial charge is 0.494 e. The van der Waals surface area contributed by atoms with Crippen LogP contribution in [0.25, 0.3) is 5.69 Å². The second-order valence-corrected chi connectivity index (χ2v) is 8.10. The minimum atomic E-state index is -0.234. The highest BCUT2D eigenvalue weighted by molar-refractivity contribution is 5.92. The number of amides is 2. The molecule has 0 aliphatic heterocycles. The molecule has 0 radical (unpaired) electrons. The number of aromatic nitrogens is 2. The molecule has 4 rings (SSSR count). The van der Waals surface area contributed by atoms with Crippen molar-refractivity contribution in [1.29, 1.82) is 0 Å². The van der Waals surface area contributed by atoms with E-state index in [0.29, 0.717) is 36.2 Å². The van der Waals surface area contributed by atoms with E-state index in [0.717, 1.165) is 29.7 Å². The van der Waals surface area contributed by atoms with E-state index in [2.05, 4.69) is 15.7 Å². The van der Waals surface area contributed by atoms with Gasteiger partial charge in [0.2, 0.25) is 0 Å². The van der Waals surface area contributed by atoms with Gasteiger partial charge in [-0.3, -0.25) is 9.59 Å². The summed E-state index contributed by atoms with van der Waals surface area (Å²) in [5.41, 5.74) is 3.25. The van der Waals surface area contributed by atoms with Crippen LogP contribution >= 0.6 is 0 Å². The van der Waals surface area contributed by atoms with Crippen LogP contribution in [-0.4, -0.2) is 47.9 Å². The van der Waals surface area contributed by atoms with Crippen molar-refractivity contribution in [3.05, 3.63) is 71.5 Å². The van der Waals surface area contributed by atoms with Crippen LogP contribution in [0.3, 0.4) is 0 Å². The summed E-state index contributed by atoms with van der Waals surface area (Å²) in [5, 5.41) is 10.2. The molecule has 33 heavy (non-hydrogen) atoms. The Morgan fingerprint density at radius 1 is 1.12 bits per heavy atom. The van der Waals surface area contributed by atoms with Crippen molar-refractivity contribution in [1.82, 2.24) is 20.4 Å². The molecule has 0 saturated heterocycles. The molecule has 1 saturated carbocycles. The summed E-state index contributed by atoms with van der Waals surface area (Å²) in [4.78, 5) is 24.2. The standard InChI is InChI=1S/C25H28N4O4/c1-17-3-10-23(32-2)22(15-17)29-14-12-21(28-29)25(31)26-13-11-18-4-8-20(9-5-18)33-16-24(30)27-19-6-7-19/h3-5,8-10,12,14-15,19H,6-7,11,13,16H2,1-2H3,(H,26,31)(H,27,30). The second-order valence-electron chi connectivity index (χ2n) is 8.10. The summed E-state index contributed by atoms with van der Waals surface area (Å²) in [6.07, 6.45) is 4.52. The molecule has 2 N–H and O–H groups in total. The zero-order valence-electron chi connectivity index (χ0n) is 18.8. The summed E-state index contributed by atoms with van der Waals surface area (Å²) >= 11 is 0. The second kappa shape index (κ2) is 10.2. The van der Waals surface area contributed by atoms with Gasteiger partial charge in [-0.1, -0.05) is 18.2 Å². The van der Waals surface area contributed by atoms with E-state index >= 15 is 0 Å². The third-order valence-electron chi connectivity index (χ3n) is 5.34. The lowest BCUT2D eigenvalue weighted by atomic mass is 10.1. The van der Waals surface area contributed by atoms with E-state index in [9.17, 15) is 9.59 Å². The predicted molar refractivity (Wildman–Crippen MR) is 124 cm³/mol. The van der Waals surface area contributed by atoms with Crippen molar-refractivity contribution in [2.24, 2.45) is 0 Å². The molecule has 1 fully saturated rings. The summed E-state index contributed by atoms with van der Waals surface area (Å²) in [6.45, 7) is 2.49. The van der Waals surface area contributed by atoms with Gasteiger partial charge in [-0.25, -0.2) is 4.68 Å². The van der Waals surface area contributed by atoms with Gasteiger partial charge in [0.25, 0.3) is 11.8 Å². The number of aryl methyl sites for hydroxylation is 1. The molecule has 2 amide bonds. The highest BCUT2D eigenvalue weighted by Gasteiger charge is 2.23. The van der Waals surface area contributed by atoms with Gasteiger partial charge in [-0.05, 0) is 67.6 Å². The molecule has 3 aromatic rings. The van der Waals surface area contributed by atoms with Crippen molar-refractivity contribution in [3.8, 4) is 17.2 Å². The highest BCUT2D eigenvalue weighted by atomic mass is 16.5. The van der Waals surface area contributed by atoms with Crippen LogP contribution in [0.4, 0.5) is 0 Å². The average Bonchev–Trinajstić information content (AvgIpc) is 3.49. The molecule has 1 aliphatic carbocycles. The molecular weight excluding hydrogens is 420 g/mol. The fourth-order valence-electron chi connectivity index (χ4n) is 3.37. The molecule has 2 aromatic carbocycles. The maximum atomic E-state index is 12.5. The number of carbonyl (C=O) groups excluding carboxylic acids is 2. The first-order chi connectivity index (χ1) is 16.0. The van der Waals surface area contributed by atoms with Crippen molar-refractivity contribution < 1.29 is 19.1 Å². The number of hydrogen-bond acceptors (Lipinski definition) is 5. The minimum Gasteiger partial charge on any atom is -0.494 e. The van der Waals surface area contributed by atoms with E-state index in [4.69, 9.17) is 9.47 Å². The Balaban J connectivity index is 1.25. The zero-order chi connectivity index (χ0) is 23.2. The first kappa shape index (κ1) is 22.4. The molecule has 0 unspecified atom stereocenters. The fourth-order valence-corrected chi connectivity index (χ4v) is 3.37. The first-order valence-corrected chi connectivity index (χ1v) is 11.0. The number of rotatable bonds is 10. The normalized spacial score (nSPS) is 12.8. The van der Waals surface area contributed by atoms with Crippen molar-refractivity contribution >= 4 is 11.8 Å². The molecule has 0 spiro atoms. The van der Waals surface area contributed by atoms with Crippen LogP contribution in [0, 0.1) is 6.92 Å². The van der Waals surface area contributed by atoms with Crippen LogP contribution in [0.15, 0.2) is 54.7 Å². The molecule has 1 heterocycles. The van der Waals surface area contributed by atoms with E-state index in [1.165, 1.54) is 0 Å². The van der Waals surface area contributed by atoms with Crippen LogP contribution < -0.4 is 20.1 Å². The maximum Gasteiger partial charge on any atom is 0.271 e. The lowest BCUT2D eigenvalue weighted by Crippen LogP contribution is -2.30. The van der Waals surface area contributed by atoms with Crippen LogP contribution in [-0.2, 0) is 11.2 Å². The van der Waals surface area contributed by atoms with E-state index in [-0.39, 0.29) is 18.4 Å². The van der Waals surface area contributed by atoms with E-state index in [1.807, 2.05) is 49.4 Å². The lowest BCUT2D eigenvalue weighted by molar-refractivity contribution is -0.123. The fraction of sp³-hybridized carbons (Fsp3) is 0.320. The Labute approximate surface area is 192 Å². The molecule has 8 heteroatoms. The Hall–Kier alpha value is -3.81. The number of carbonyl (C=O) groups is 2. The monoisotopic (exact) mass is 448 g/mol. The Morgan fingerprint density at radius 2 is 1.91 bits per heavy atom. The van der Waals surface area contributed by atoms with E-state index < -0.39 is 0 Å². The van der Waals surface area contributed by atoms with Crippen molar-refractivity contribution in [2.75, 3.05) is 20.3 Å². The van der Waals surface area contributed by atoms with Gasteiger partial charge >= 0.3 is 0 Å². The molecule has 172 valence electrons. The number of ether oxygens (including phenoxy) is 2. The third kappa shape index (κ3) is 6.12. The number of nitrogens with zero attached hydrogens (tertiary/aromatic N) is 2. The van der Waals surface area contributed by atoms with Gasteiger partial charge in [0, 0.05) is 18.8 Å². The van der Waals surface area contributed by atoms with Gasteiger partial charge in [0.1, 0.15) is 17.2 Å². The predicted octanol–water partition coefficient (Wildman–Crippen LogP) is 2.82. The topological polar surface area (TPSA) is 94.5 Å². The summed E-state index contributed by atoms with van der Waals surface area (Å²) in [6, 6.07) is 15.3. The SMILES string of the molecule is COc1ccc(C)cc1-n1ccc(C(=O)NCCc2ccc(OCC(=O)NC3CC3)cc2)n1. The smallest absolute Gasteiger partial charge is 0.271 e. The Bertz CT molecular complexity index is 1120. The zero-order valence-corrected chi connectivity index (χ0v) is 18.8. The van der Waals surface area contributed by atoms with Gasteiger partial charge < -0.3 is 20.1 Å². The van der Waals surface area contributed by atoms with Gasteiger partial charge in [0.15, 0.2) is 12.3 Å². The quantitative estimate of drug-likeness (QED) is 0.497. The first-order valence-electron chi connectivity index (χ1n) is 11.0. The molecule has 0 bridgehead atoms. The summed E-state index contributed by atoms with van der Waals surface area (Å²) < 4.78 is 12.6. The Morgan fingerprint density at radius 3 is 2.64 bits per heavy atom. The summed E-state index contributed by atoms with van der Waals surface area (Å²) in [5.74, 6) is 1.01. The van der Waals surface area contributed by atoms with Crippen molar-refractivity contribution in [2.45, 2.75) is 32.2 Å². The average molecular weight is 449 g/mol. The van der Waals surface area contributed by atoms with Crippen molar-refractivity contribution in [3.63, 3.8) is 0 Å². The summed E-state index contributed by atoms with van der Waals surface area (Å²) in [7, 11) is 1.61. The number of benzene rings is 2. The van der Waals surface area contributed by atoms with Crippen LogP contribution in [0.2, 0.25) is 0 Å². The van der Waals surface area contributed by atoms with Crippen LogP contribution in [0.1, 0.15) is 34.5 Å². The number of methoxy groups -OCH3 is 1. The maximum absolute atomic E-state index is 12.5. The number of hydrogen-bond donors (Lipinski definition) is 2. The highest BCUT2D eigenvalue weighted by Crippen LogP contribution is 2.23. The Kier molecular flexibility index (Phi) is 6.92. The van der Waals surface area contributed by atoms with Gasteiger partial charge in [-0.2, -0.15) is 5.10 Å². The third-order valence-corrected chi connectivity index (χ3v) is 5.34. The van der Waals surface area contributed by atoms with Crippen LogP contribution in [0.5, 0.6) is 11.5 Å². The minimum absolute atomic E-state index is 0.0208. The molecule has 8 nitrogen and oxygen atoms in total. The van der Waals surface area contributed by atoms with Gasteiger partial charge in [0.05, 0.1) is 7.11 Å². The molecule has 1 aliphatic rings. The molecular formula is C25H28N4O4. The molecule has 0 atom stereocenters. The van der Waals surface area contributed by atoms with Gasteiger partial charge in [-0.15, -0.1) is 0 Å². The van der Waals surface area contributed by atoms with E-state index in [1.54, 1.807) is 24.1 Å². The molecule has 1 aromatic heterocycles. The number of nitrogens with one attached hydrogen (secondary N) is 2. The lowest BCUT2D eigenvalue weighted by Gasteiger charge is -2.09.